The van der Waals surface area contributed by atoms with Crippen molar-refractivity contribution in [2.24, 2.45) is 5.73 Å². The number of hydrogen-bond donors (Lipinski definition) is 2. The van der Waals surface area contributed by atoms with Gasteiger partial charge in [0.25, 0.3) is 0 Å². The van der Waals surface area contributed by atoms with Crippen LogP contribution in [-0.2, 0) is 9.53 Å². The van der Waals surface area contributed by atoms with E-state index >= 15 is 0 Å². The highest BCUT2D eigenvalue weighted by atomic mass is 16.5. The topological polar surface area (TPSA) is 64.4 Å². The number of nitrogens with one attached hydrogen (secondary N) is 1. The van der Waals surface area contributed by atoms with Gasteiger partial charge in [-0.1, -0.05) is 0 Å². The van der Waals surface area contributed by atoms with Gasteiger partial charge in [-0.2, -0.15) is 0 Å². The Balaban J connectivity index is 1.86. The highest BCUT2D eigenvalue weighted by molar-refractivity contribution is 5.78. The molecule has 3 atom stereocenters. The molecule has 68 valence electrons. The van der Waals surface area contributed by atoms with E-state index in [1.165, 1.54) is 0 Å². The standard InChI is InChI=1S/C8H14N2O2/c9-4-8(11)10-6-3-5-1-2-7(6)12-5/h5-7H,1-4,9H2,(H,10,11). The third-order valence-corrected chi connectivity index (χ3v) is 2.64. The molecule has 0 radical (unpaired) electrons. The van der Waals surface area contributed by atoms with Gasteiger partial charge in [0.1, 0.15) is 0 Å². The number of hydrogen-bond acceptors (Lipinski definition) is 3. The van der Waals surface area contributed by atoms with Gasteiger partial charge in [-0.15, -0.1) is 0 Å². The quantitative estimate of drug-likeness (QED) is 0.580. The Bertz CT molecular complexity index is 195. The van der Waals surface area contributed by atoms with Gasteiger partial charge >= 0.3 is 0 Å². The van der Waals surface area contributed by atoms with Gasteiger partial charge in [-0.05, 0) is 19.3 Å². The minimum atomic E-state index is -0.0730. The van der Waals surface area contributed by atoms with Gasteiger partial charge in [-0.25, -0.2) is 0 Å². The zero-order chi connectivity index (χ0) is 8.55. The van der Waals surface area contributed by atoms with E-state index in [-0.39, 0.29) is 24.6 Å². The molecule has 2 saturated heterocycles. The van der Waals surface area contributed by atoms with Crippen LogP contribution in [0.3, 0.4) is 0 Å². The Morgan fingerprint density at radius 2 is 2.42 bits per heavy atom. The third-order valence-electron chi connectivity index (χ3n) is 2.64. The third kappa shape index (κ3) is 1.32. The lowest BCUT2D eigenvalue weighted by atomic mass is 9.95. The van der Waals surface area contributed by atoms with Crippen molar-refractivity contribution in [1.29, 1.82) is 0 Å². The molecule has 0 saturated carbocycles. The number of fused-ring (bicyclic) bond motifs is 2. The predicted molar refractivity (Wildman–Crippen MR) is 43.5 cm³/mol. The lowest BCUT2D eigenvalue weighted by molar-refractivity contribution is -0.120. The SMILES string of the molecule is NCC(=O)NC1CC2CCC1O2. The Morgan fingerprint density at radius 1 is 1.58 bits per heavy atom. The summed E-state index contributed by atoms with van der Waals surface area (Å²) in [6, 6.07) is 0.222. The van der Waals surface area contributed by atoms with Crippen LogP contribution in [0.4, 0.5) is 0 Å². The number of carbonyl (C=O) groups is 1. The highest BCUT2D eigenvalue weighted by Gasteiger charge is 2.41. The lowest BCUT2D eigenvalue weighted by Gasteiger charge is -2.19. The molecule has 4 heteroatoms. The summed E-state index contributed by atoms with van der Waals surface area (Å²) >= 11 is 0. The Morgan fingerprint density at radius 3 is 2.92 bits per heavy atom. The molecule has 0 aromatic carbocycles. The van der Waals surface area contributed by atoms with E-state index < -0.39 is 0 Å². The fraction of sp³-hybridized carbons (Fsp3) is 0.875. The number of carbonyl (C=O) groups excluding carboxylic acids is 1. The van der Waals surface area contributed by atoms with Crippen LogP contribution >= 0.6 is 0 Å². The van der Waals surface area contributed by atoms with E-state index in [4.69, 9.17) is 10.5 Å². The number of nitrogens with two attached hydrogens (primary N) is 1. The van der Waals surface area contributed by atoms with Crippen LogP contribution < -0.4 is 11.1 Å². The lowest BCUT2D eigenvalue weighted by Crippen LogP contribution is -2.43. The molecular formula is C8H14N2O2. The first-order chi connectivity index (χ1) is 5.79. The van der Waals surface area contributed by atoms with Crippen molar-refractivity contribution in [1.82, 2.24) is 5.32 Å². The van der Waals surface area contributed by atoms with Crippen molar-refractivity contribution in [2.75, 3.05) is 6.54 Å². The van der Waals surface area contributed by atoms with E-state index in [0.717, 1.165) is 19.3 Å². The van der Waals surface area contributed by atoms with Crippen LogP contribution in [0.1, 0.15) is 19.3 Å². The summed E-state index contributed by atoms with van der Waals surface area (Å²) in [6.07, 6.45) is 3.85. The van der Waals surface area contributed by atoms with Gasteiger partial charge in [-0.3, -0.25) is 4.79 Å². The summed E-state index contributed by atoms with van der Waals surface area (Å²) in [5, 5.41) is 2.87. The molecule has 4 nitrogen and oxygen atoms in total. The number of rotatable bonds is 2. The second-order valence-corrected chi connectivity index (χ2v) is 3.49. The molecule has 0 aliphatic carbocycles. The van der Waals surface area contributed by atoms with Crippen molar-refractivity contribution in [2.45, 2.75) is 37.5 Å². The molecule has 2 bridgehead atoms. The van der Waals surface area contributed by atoms with Crippen molar-refractivity contribution < 1.29 is 9.53 Å². The molecule has 0 aromatic rings. The summed E-state index contributed by atoms with van der Waals surface area (Å²) in [4.78, 5) is 11.0. The maximum Gasteiger partial charge on any atom is 0.234 e. The van der Waals surface area contributed by atoms with Crippen molar-refractivity contribution in [3.63, 3.8) is 0 Å². The van der Waals surface area contributed by atoms with E-state index in [2.05, 4.69) is 5.32 Å². The smallest absolute Gasteiger partial charge is 0.234 e. The predicted octanol–water partition coefficient (Wildman–Crippen LogP) is -0.619. The second kappa shape index (κ2) is 3.03. The fourth-order valence-electron chi connectivity index (χ4n) is 2.06. The van der Waals surface area contributed by atoms with Crippen molar-refractivity contribution >= 4 is 5.91 Å². The molecule has 2 aliphatic heterocycles. The van der Waals surface area contributed by atoms with E-state index in [1.807, 2.05) is 0 Å². The average Bonchev–Trinajstić information content (AvgIpc) is 2.64. The van der Waals surface area contributed by atoms with Crippen LogP contribution in [0.25, 0.3) is 0 Å². The minimum absolute atomic E-state index is 0.0730. The molecule has 0 spiro atoms. The van der Waals surface area contributed by atoms with Crippen LogP contribution in [0.2, 0.25) is 0 Å². The van der Waals surface area contributed by atoms with Crippen LogP contribution in [-0.4, -0.2) is 30.7 Å². The Kier molecular flexibility index (Phi) is 2.02. The average molecular weight is 170 g/mol. The van der Waals surface area contributed by atoms with Gasteiger partial charge in [0.2, 0.25) is 5.91 Å². The van der Waals surface area contributed by atoms with Crippen LogP contribution in [0.5, 0.6) is 0 Å². The first kappa shape index (κ1) is 8.01. The molecule has 2 fully saturated rings. The number of ether oxygens (including phenoxy) is 1. The Hall–Kier alpha value is -0.610. The van der Waals surface area contributed by atoms with E-state index in [9.17, 15) is 4.79 Å². The molecule has 12 heavy (non-hydrogen) atoms. The van der Waals surface area contributed by atoms with Gasteiger partial charge in [0.05, 0.1) is 24.8 Å². The minimum Gasteiger partial charge on any atom is -0.373 e. The second-order valence-electron chi connectivity index (χ2n) is 3.49. The van der Waals surface area contributed by atoms with Crippen molar-refractivity contribution in [3.05, 3.63) is 0 Å². The molecule has 2 heterocycles. The zero-order valence-electron chi connectivity index (χ0n) is 6.95. The molecule has 0 aromatic heterocycles. The van der Waals surface area contributed by atoms with Gasteiger partial charge in [0, 0.05) is 0 Å². The molecule has 3 unspecified atom stereocenters. The van der Waals surface area contributed by atoms with E-state index in [0.29, 0.717) is 6.10 Å². The van der Waals surface area contributed by atoms with Crippen LogP contribution in [0, 0.1) is 0 Å². The first-order valence-electron chi connectivity index (χ1n) is 4.44. The normalized spacial score (nSPS) is 38.6. The van der Waals surface area contributed by atoms with E-state index in [1.54, 1.807) is 0 Å². The molecule has 2 rings (SSSR count). The largest absolute Gasteiger partial charge is 0.373 e. The zero-order valence-corrected chi connectivity index (χ0v) is 6.95. The number of amides is 1. The van der Waals surface area contributed by atoms with Crippen LogP contribution in [0.15, 0.2) is 0 Å². The van der Waals surface area contributed by atoms with Crippen molar-refractivity contribution in [3.8, 4) is 0 Å². The summed E-state index contributed by atoms with van der Waals surface area (Å²) < 4.78 is 5.57. The summed E-state index contributed by atoms with van der Waals surface area (Å²) in [6.45, 7) is 0.0773. The van der Waals surface area contributed by atoms with Gasteiger partial charge in [0.15, 0.2) is 0 Å². The molecule has 3 N–H and O–H groups in total. The molecular weight excluding hydrogens is 156 g/mol. The molecule has 1 amide bonds. The molecule has 2 aliphatic rings. The monoisotopic (exact) mass is 170 g/mol. The maximum absolute atomic E-state index is 11.0. The maximum atomic E-state index is 11.0. The summed E-state index contributed by atoms with van der Waals surface area (Å²) in [5.74, 6) is -0.0730. The first-order valence-corrected chi connectivity index (χ1v) is 4.44. The fourth-order valence-corrected chi connectivity index (χ4v) is 2.06. The summed E-state index contributed by atoms with van der Waals surface area (Å²) in [7, 11) is 0. The summed E-state index contributed by atoms with van der Waals surface area (Å²) in [5.41, 5.74) is 5.20. The Labute approximate surface area is 71.4 Å². The highest BCUT2D eigenvalue weighted by Crippen LogP contribution is 2.34. The van der Waals surface area contributed by atoms with Gasteiger partial charge < -0.3 is 15.8 Å².